The Kier molecular flexibility index (Phi) is 7.17. The number of hydrogen-bond donors (Lipinski definition) is 2. The SMILES string of the molecule is CC(C)(C)c1ccc(-n2cc(C(=O)Nc3ccc(N4CCC(CCO)CC4)c(C#N)c3)nn2)cc1. The number of piperidine rings is 1. The first-order valence-corrected chi connectivity index (χ1v) is 12.0. The summed E-state index contributed by atoms with van der Waals surface area (Å²) in [6, 6.07) is 15.7. The van der Waals surface area contributed by atoms with Crippen molar-refractivity contribution in [2.24, 2.45) is 5.92 Å². The van der Waals surface area contributed by atoms with E-state index in [2.05, 4.69) is 59.5 Å². The summed E-state index contributed by atoms with van der Waals surface area (Å²) in [5.74, 6) is 0.147. The third-order valence-corrected chi connectivity index (χ3v) is 6.59. The molecule has 2 aromatic carbocycles. The highest BCUT2D eigenvalue weighted by Gasteiger charge is 2.21. The summed E-state index contributed by atoms with van der Waals surface area (Å²) >= 11 is 0. The Morgan fingerprint density at radius 3 is 2.51 bits per heavy atom. The van der Waals surface area contributed by atoms with Crippen LogP contribution in [-0.4, -0.2) is 45.7 Å². The van der Waals surface area contributed by atoms with E-state index in [9.17, 15) is 10.1 Å². The van der Waals surface area contributed by atoms with Gasteiger partial charge in [-0.15, -0.1) is 5.10 Å². The minimum Gasteiger partial charge on any atom is -0.396 e. The minimum absolute atomic E-state index is 0.0557. The van der Waals surface area contributed by atoms with E-state index in [1.54, 1.807) is 16.9 Å². The Labute approximate surface area is 206 Å². The second-order valence-corrected chi connectivity index (χ2v) is 10.1. The van der Waals surface area contributed by atoms with Crippen LogP contribution in [0.4, 0.5) is 11.4 Å². The zero-order valence-corrected chi connectivity index (χ0v) is 20.5. The summed E-state index contributed by atoms with van der Waals surface area (Å²) in [6.07, 6.45) is 4.42. The fourth-order valence-corrected chi connectivity index (χ4v) is 4.43. The average molecular weight is 473 g/mol. The minimum atomic E-state index is -0.385. The predicted octanol–water partition coefficient (Wildman–Crippen LogP) is 4.29. The molecular weight excluding hydrogens is 440 g/mol. The number of rotatable bonds is 6. The molecule has 0 saturated carbocycles. The molecule has 0 unspecified atom stereocenters. The van der Waals surface area contributed by atoms with Crippen molar-refractivity contribution in [3.63, 3.8) is 0 Å². The average Bonchev–Trinajstić information content (AvgIpc) is 3.35. The Bertz CT molecular complexity index is 1210. The number of carbonyl (C=O) groups is 1. The van der Waals surface area contributed by atoms with Crippen molar-refractivity contribution in [1.82, 2.24) is 15.0 Å². The van der Waals surface area contributed by atoms with Crippen LogP contribution < -0.4 is 10.2 Å². The van der Waals surface area contributed by atoms with Crippen LogP contribution in [-0.2, 0) is 5.41 Å². The van der Waals surface area contributed by atoms with E-state index in [4.69, 9.17) is 5.11 Å². The van der Waals surface area contributed by atoms with E-state index >= 15 is 0 Å². The number of carbonyl (C=O) groups excluding carboxylic acids is 1. The number of amides is 1. The highest BCUT2D eigenvalue weighted by Crippen LogP contribution is 2.29. The lowest BCUT2D eigenvalue weighted by Gasteiger charge is -2.34. The van der Waals surface area contributed by atoms with Crippen LogP contribution in [0.1, 0.15) is 61.6 Å². The number of benzene rings is 2. The second-order valence-electron chi connectivity index (χ2n) is 10.1. The molecule has 0 bridgehead atoms. The van der Waals surface area contributed by atoms with Gasteiger partial charge in [-0.3, -0.25) is 4.79 Å². The normalized spacial score (nSPS) is 14.5. The van der Waals surface area contributed by atoms with E-state index in [-0.39, 0.29) is 23.6 Å². The van der Waals surface area contributed by atoms with E-state index < -0.39 is 0 Å². The van der Waals surface area contributed by atoms with Gasteiger partial charge in [-0.25, -0.2) is 4.68 Å². The summed E-state index contributed by atoms with van der Waals surface area (Å²) < 4.78 is 1.57. The van der Waals surface area contributed by atoms with Gasteiger partial charge in [0.15, 0.2) is 5.69 Å². The van der Waals surface area contributed by atoms with Crippen LogP contribution in [0.25, 0.3) is 5.69 Å². The summed E-state index contributed by atoms with van der Waals surface area (Å²) in [5, 5.41) is 29.8. The van der Waals surface area contributed by atoms with Gasteiger partial charge in [0.05, 0.1) is 23.1 Å². The maximum Gasteiger partial charge on any atom is 0.277 e. The number of aromatic nitrogens is 3. The number of aliphatic hydroxyl groups excluding tert-OH is 1. The Morgan fingerprint density at radius 1 is 1.17 bits per heavy atom. The van der Waals surface area contributed by atoms with Crippen LogP contribution >= 0.6 is 0 Å². The van der Waals surface area contributed by atoms with Gasteiger partial charge in [0.2, 0.25) is 0 Å². The van der Waals surface area contributed by atoms with E-state index in [0.717, 1.165) is 43.7 Å². The first-order valence-electron chi connectivity index (χ1n) is 12.0. The molecule has 2 heterocycles. The zero-order valence-electron chi connectivity index (χ0n) is 20.5. The maximum atomic E-state index is 12.8. The van der Waals surface area contributed by atoms with Crippen molar-refractivity contribution in [3.8, 4) is 11.8 Å². The van der Waals surface area contributed by atoms with Crippen molar-refractivity contribution in [1.29, 1.82) is 5.26 Å². The van der Waals surface area contributed by atoms with Crippen molar-refractivity contribution in [2.75, 3.05) is 29.9 Å². The lowest BCUT2D eigenvalue weighted by atomic mass is 9.87. The molecule has 0 aliphatic carbocycles. The smallest absolute Gasteiger partial charge is 0.277 e. The number of aliphatic hydroxyl groups is 1. The number of anilines is 2. The van der Waals surface area contributed by atoms with Crippen molar-refractivity contribution in [2.45, 2.75) is 45.4 Å². The summed E-state index contributed by atoms with van der Waals surface area (Å²) in [4.78, 5) is 15.0. The quantitative estimate of drug-likeness (QED) is 0.554. The fourth-order valence-electron chi connectivity index (χ4n) is 4.43. The molecule has 0 spiro atoms. The molecule has 182 valence electrons. The summed E-state index contributed by atoms with van der Waals surface area (Å²) in [6.45, 7) is 8.40. The molecule has 1 saturated heterocycles. The van der Waals surface area contributed by atoms with Crippen molar-refractivity contribution in [3.05, 3.63) is 65.5 Å². The van der Waals surface area contributed by atoms with Gasteiger partial charge in [-0.05, 0) is 66.5 Å². The molecule has 0 radical (unpaired) electrons. The molecule has 3 aromatic rings. The van der Waals surface area contributed by atoms with Crippen LogP contribution in [0.15, 0.2) is 48.7 Å². The molecule has 1 fully saturated rings. The molecule has 1 aliphatic heterocycles. The van der Waals surface area contributed by atoms with Crippen LogP contribution in [0.2, 0.25) is 0 Å². The number of nitriles is 1. The maximum absolute atomic E-state index is 12.8. The molecule has 1 aromatic heterocycles. The standard InChI is InChI=1S/C27H32N6O2/c1-27(2,3)21-4-7-23(8-5-21)33-18-24(30-31-33)26(35)29-22-6-9-25(20(16-22)17-28)32-13-10-19(11-14-32)12-15-34/h4-9,16,18-19,34H,10-15H2,1-3H3,(H,29,35). The Balaban J connectivity index is 1.43. The Hall–Kier alpha value is -3.70. The molecule has 8 nitrogen and oxygen atoms in total. The van der Waals surface area contributed by atoms with E-state index in [1.165, 1.54) is 5.56 Å². The van der Waals surface area contributed by atoms with Crippen molar-refractivity contribution >= 4 is 17.3 Å². The molecule has 2 N–H and O–H groups in total. The zero-order chi connectivity index (χ0) is 25.0. The van der Waals surface area contributed by atoms with Crippen LogP contribution in [0, 0.1) is 17.2 Å². The Morgan fingerprint density at radius 2 is 1.89 bits per heavy atom. The highest BCUT2D eigenvalue weighted by atomic mass is 16.3. The molecule has 1 aliphatic rings. The monoisotopic (exact) mass is 472 g/mol. The molecule has 0 atom stereocenters. The van der Waals surface area contributed by atoms with E-state index in [0.29, 0.717) is 17.2 Å². The van der Waals surface area contributed by atoms with Gasteiger partial charge in [-0.1, -0.05) is 38.1 Å². The number of nitrogens with one attached hydrogen (secondary N) is 1. The topological polar surface area (TPSA) is 107 Å². The molecular formula is C27H32N6O2. The highest BCUT2D eigenvalue weighted by molar-refractivity contribution is 6.02. The van der Waals surface area contributed by atoms with Gasteiger partial charge in [0, 0.05) is 25.4 Å². The third kappa shape index (κ3) is 5.69. The predicted molar refractivity (Wildman–Crippen MR) is 136 cm³/mol. The number of nitrogens with zero attached hydrogens (tertiary/aromatic N) is 5. The van der Waals surface area contributed by atoms with Gasteiger partial charge in [-0.2, -0.15) is 5.26 Å². The number of hydrogen-bond acceptors (Lipinski definition) is 6. The first kappa shape index (κ1) is 24.4. The third-order valence-electron chi connectivity index (χ3n) is 6.59. The molecule has 1 amide bonds. The van der Waals surface area contributed by atoms with Gasteiger partial charge in [0.1, 0.15) is 6.07 Å². The van der Waals surface area contributed by atoms with Crippen LogP contribution in [0.5, 0.6) is 0 Å². The van der Waals surface area contributed by atoms with Gasteiger partial charge < -0.3 is 15.3 Å². The fraction of sp³-hybridized carbons (Fsp3) is 0.407. The molecule has 35 heavy (non-hydrogen) atoms. The largest absolute Gasteiger partial charge is 0.396 e. The first-order chi connectivity index (χ1) is 16.8. The summed E-state index contributed by atoms with van der Waals surface area (Å²) in [5.41, 5.74) is 4.21. The molecule has 4 rings (SSSR count). The van der Waals surface area contributed by atoms with Crippen LogP contribution in [0.3, 0.4) is 0 Å². The second kappa shape index (κ2) is 10.3. The lowest BCUT2D eigenvalue weighted by molar-refractivity contribution is 0.102. The summed E-state index contributed by atoms with van der Waals surface area (Å²) in [7, 11) is 0. The van der Waals surface area contributed by atoms with Gasteiger partial charge in [0.25, 0.3) is 5.91 Å². The molecule has 8 heteroatoms. The van der Waals surface area contributed by atoms with Crippen molar-refractivity contribution < 1.29 is 9.90 Å². The lowest BCUT2D eigenvalue weighted by Crippen LogP contribution is -2.34. The van der Waals surface area contributed by atoms with E-state index in [1.807, 2.05) is 24.3 Å². The van der Waals surface area contributed by atoms with Gasteiger partial charge >= 0.3 is 0 Å².